The predicted octanol–water partition coefficient (Wildman–Crippen LogP) is -2.38. The van der Waals surface area contributed by atoms with Crippen molar-refractivity contribution < 1.29 is 44.4 Å². The molecule has 1 aromatic heterocycles. The van der Waals surface area contributed by atoms with E-state index in [-0.39, 0.29) is 25.0 Å². The number of amides is 3. The summed E-state index contributed by atoms with van der Waals surface area (Å²) in [6.07, 6.45) is 1.78. The van der Waals surface area contributed by atoms with Gasteiger partial charge in [0.2, 0.25) is 17.7 Å². The molecule has 206 valence electrons. The Bertz CT molecular complexity index is 1110. The molecule has 0 bridgehead atoms. The van der Waals surface area contributed by atoms with Gasteiger partial charge in [0.1, 0.15) is 23.9 Å². The van der Waals surface area contributed by atoms with E-state index in [0.29, 0.717) is 11.3 Å². The molecule has 0 saturated carbocycles. The summed E-state index contributed by atoms with van der Waals surface area (Å²) >= 11 is 0. The average Bonchev–Trinajstić information content (AvgIpc) is 3.38. The van der Waals surface area contributed by atoms with E-state index >= 15 is 0 Å². The molecule has 2 rings (SSSR count). The highest BCUT2D eigenvalue weighted by atomic mass is 16.4. The fourth-order valence-electron chi connectivity index (χ4n) is 3.35. The number of aromatic amines is 1. The second kappa shape index (κ2) is 14.3. The SMILES string of the molecule is NC(Cc1ccc(O)cc1)C(=O)NC(CCC(=O)O)C(=O)NC(Cc1cnc[nH]1)C(=O)NC(CO)C(=O)O. The fourth-order valence-corrected chi connectivity index (χ4v) is 3.35. The molecule has 0 aliphatic heterocycles. The predicted molar refractivity (Wildman–Crippen MR) is 129 cm³/mol. The van der Waals surface area contributed by atoms with E-state index in [1.807, 2.05) is 0 Å². The lowest BCUT2D eigenvalue weighted by Crippen LogP contribution is -2.58. The number of aliphatic carboxylic acids is 2. The van der Waals surface area contributed by atoms with Crippen LogP contribution >= 0.6 is 0 Å². The second-order valence-electron chi connectivity index (χ2n) is 8.39. The van der Waals surface area contributed by atoms with Crippen LogP contribution in [0.1, 0.15) is 24.1 Å². The van der Waals surface area contributed by atoms with Crippen LogP contribution in [0.4, 0.5) is 0 Å². The Balaban J connectivity index is 2.16. The van der Waals surface area contributed by atoms with Crippen LogP contribution in [0, 0.1) is 0 Å². The Hall–Kier alpha value is -4.50. The zero-order valence-corrected chi connectivity index (χ0v) is 20.2. The van der Waals surface area contributed by atoms with E-state index in [1.54, 1.807) is 12.1 Å². The molecule has 0 saturated heterocycles. The molecule has 4 atom stereocenters. The average molecular weight is 535 g/mol. The Morgan fingerprint density at radius 3 is 2.05 bits per heavy atom. The minimum atomic E-state index is -1.64. The monoisotopic (exact) mass is 534 g/mol. The number of aromatic nitrogens is 2. The van der Waals surface area contributed by atoms with Crippen LogP contribution in [0.5, 0.6) is 5.75 Å². The van der Waals surface area contributed by atoms with Gasteiger partial charge in [-0.3, -0.25) is 19.2 Å². The number of H-pyrrole nitrogens is 1. The Kier molecular flexibility index (Phi) is 11.2. The van der Waals surface area contributed by atoms with Gasteiger partial charge < -0.3 is 47.1 Å². The van der Waals surface area contributed by atoms with E-state index < -0.39 is 66.9 Å². The van der Waals surface area contributed by atoms with Crippen LogP contribution in [-0.2, 0) is 36.8 Å². The van der Waals surface area contributed by atoms with Crippen molar-refractivity contribution in [3.05, 3.63) is 48.0 Å². The normalized spacial score (nSPS) is 13.9. The molecule has 38 heavy (non-hydrogen) atoms. The van der Waals surface area contributed by atoms with Gasteiger partial charge in [0.15, 0.2) is 0 Å². The molecule has 15 heteroatoms. The summed E-state index contributed by atoms with van der Waals surface area (Å²) in [7, 11) is 0. The number of hydrogen-bond acceptors (Lipinski definition) is 9. The van der Waals surface area contributed by atoms with Gasteiger partial charge in [-0.05, 0) is 30.5 Å². The summed E-state index contributed by atoms with van der Waals surface area (Å²) in [5.41, 5.74) is 6.99. The number of carbonyl (C=O) groups excluding carboxylic acids is 3. The maximum atomic E-state index is 13.1. The maximum Gasteiger partial charge on any atom is 0.328 e. The lowest BCUT2D eigenvalue weighted by Gasteiger charge is -2.24. The standard InChI is InChI=1S/C23H30N6O9/c24-15(7-12-1-3-14(31)4-2-12)20(34)27-16(5-6-19(32)33)21(35)28-17(8-13-9-25-11-26-13)22(36)29-18(10-30)23(37)38/h1-4,9,11,15-18,30-31H,5-8,10,24H2,(H,25,26)(H,27,34)(H,28,35)(H,29,36)(H,32,33)(H,37,38). The minimum Gasteiger partial charge on any atom is -0.508 e. The van der Waals surface area contributed by atoms with Crippen LogP contribution < -0.4 is 21.7 Å². The molecule has 1 heterocycles. The first-order chi connectivity index (χ1) is 18.0. The summed E-state index contributed by atoms with van der Waals surface area (Å²) < 4.78 is 0. The number of aliphatic hydroxyl groups is 1. The number of nitrogens with zero attached hydrogens (tertiary/aromatic N) is 1. The molecule has 2 aromatic rings. The largest absolute Gasteiger partial charge is 0.508 e. The van der Waals surface area contributed by atoms with Crippen LogP contribution in [0.15, 0.2) is 36.8 Å². The van der Waals surface area contributed by atoms with E-state index in [1.165, 1.54) is 24.7 Å². The number of nitrogens with two attached hydrogens (primary N) is 1. The molecule has 10 N–H and O–H groups in total. The van der Waals surface area contributed by atoms with Crippen LogP contribution in [-0.4, -0.2) is 90.8 Å². The van der Waals surface area contributed by atoms with Gasteiger partial charge in [-0.25, -0.2) is 9.78 Å². The van der Waals surface area contributed by atoms with Gasteiger partial charge in [0.25, 0.3) is 0 Å². The van der Waals surface area contributed by atoms with E-state index in [0.717, 1.165) is 0 Å². The van der Waals surface area contributed by atoms with Crippen molar-refractivity contribution in [1.29, 1.82) is 0 Å². The molecule has 0 aliphatic carbocycles. The first kappa shape index (κ1) is 29.7. The van der Waals surface area contributed by atoms with Crippen molar-refractivity contribution in [3.63, 3.8) is 0 Å². The minimum absolute atomic E-state index is 0.0274. The molecule has 0 fully saturated rings. The topological polar surface area (TPSA) is 257 Å². The third kappa shape index (κ3) is 9.51. The number of nitrogens with one attached hydrogen (secondary N) is 4. The molecule has 0 aliphatic rings. The first-order valence-electron chi connectivity index (χ1n) is 11.5. The van der Waals surface area contributed by atoms with Crippen molar-refractivity contribution in [2.75, 3.05) is 6.61 Å². The zero-order valence-electron chi connectivity index (χ0n) is 20.2. The van der Waals surface area contributed by atoms with Gasteiger partial charge in [0.05, 0.1) is 19.0 Å². The first-order valence-corrected chi connectivity index (χ1v) is 11.5. The van der Waals surface area contributed by atoms with Gasteiger partial charge in [-0.1, -0.05) is 12.1 Å². The van der Waals surface area contributed by atoms with E-state index in [2.05, 4.69) is 25.9 Å². The quantitative estimate of drug-likeness (QED) is 0.117. The third-order valence-electron chi connectivity index (χ3n) is 5.42. The van der Waals surface area contributed by atoms with Gasteiger partial charge in [-0.15, -0.1) is 0 Å². The molecule has 1 aromatic carbocycles. The van der Waals surface area contributed by atoms with E-state index in [4.69, 9.17) is 15.9 Å². The van der Waals surface area contributed by atoms with Gasteiger partial charge >= 0.3 is 11.9 Å². The summed E-state index contributed by atoms with van der Waals surface area (Å²) in [6, 6.07) is 0.438. The highest BCUT2D eigenvalue weighted by Gasteiger charge is 2.31. The van der Waals surface area contributed by atoms with Crippen molar-refractivity contribution in [2.45, 2.75) is 49.9 Å². The molecule has 4 unspecified atom stereocenters. The van der Waals surface area contributed by atoms with Crippen molar-refractivity contribution in [1.82, 2.24) is 25.9 Å². The number of carboxylic acids is 2. The highest BCUT2D eigenvalue weighted by molar-refractivity contribution is 5.94. The summed E-state index contributed by atoms with van der Waals surface area (Å²) in [4.78, 5) is 67.5. The Morgan fingerprint density at radius 1 is 0.895 bits per heavy atom. The zero-order chi connectivity index (χ0) is 28.2. The highest BCUT2D eigenvalue weighted by Crippen LogP contribution is 2.11. The van der Waals surface area contributed by atoms with Crippen LogP contribution in [0.3, 0.4) is 0 Å². The van der Waals surface area contributed by atoms with Crippen LogP contribution in [0.25, 0.3) is 0 Å². The Labute approximate surface area is 216 Å². The molecular weight excluding hydrogens is 504 g/mol. The van der Waals surface area contributed by atoms with Crippen molar-refractivity contribution >= 4 is 29.7 Å². The molecular formula is C23H30N6O9. The number of hydrogen-bond donors (Lipinski definition) is 9. The number of carbonyl (C=O) groups is 5. The van der Waals surface area contributed by atoms with E-state index in [9.17, 15) is 34.2 Å². The molecule has 0 radical (unpaired) electrons. The number of imidazole rings is 1. The summed E-state index contributed by atoms with van der Waals surface area (Å²) in [5, 5.41) is 43.7. The van der Waals surface area contributed by atoms with Crippen molar-refractivity contribution in [3.8, 4) is 5.75 Å². The number of phenols is 1. The number of carboxylic acid groups (broad SMARTS) is 2. The summed E-state index contributed by atoms with van der Waals surface area (Å²) in [5.74, 6) is -5.32. The molecule has 3 amide bonds. The second-order valence-corrected chi connectivity index (χ2v) is 8.39. The number of benzene rings is 1. The van der Waals surface area contributed by atoms with Gasteiger partial charge in [0, 0.05) is 24.7 Å². The van der Waals surface area contributed by atoms with Crippen LogP contribution in [0.2, 0.25) is 0 Å². The maximum absolute atomic E-state index is 13.1. The Morgan fingerprint density at radius 2 is 1.50 bits per heavy atom. The number of rotatable bonds is 15. The number of aromatic hydroxyl groups is 1. The summed E-state index contributed by atoms with van der Waals surface area (Å²) in [6.45, 7) is -0.901. The number of phenolic OH excluding ortho intramolecular Hbond substituents is 1. The lowest BCUT2D eigenvalue weighted by atomic mass is 10.0. The fraction of sp³-hybridized carbons (Fsp3) is 0.391. The van der Waals surface area contributed by atoms with Gasteiger partial charge in [-0.2, -0.15) is 0 Å². The smallest absolute Gasteiger partial charge is 0.328 e. The third-order valence-corrected chi connectivity index (χ3v) is 5.42. The number of aliphatic hydroxyl groups excluding tert-OH is 1. The molecule has 0 spiro atoms. The lowest BCUT2D eigenvalue weighted by molar-refractivity contribution is -0.143. The molecule has 15 nitrogen and oxygen atoms in total. The van der Waals surface area contributed by atoms with Crippen molar-refractivity contribution in [2.24, 2.45) is 5.73 Å².